The molecule has 0 aliphatic rings. The number of nitrogens with one attached hydrogen (secondary N) is 2. The van der Waals surface area contributed by atoms with Crippen LogP contribution >= 0.6 is 0 Å². The number of para-hydroxylation sites is 1. The fraction of sp³-hybridized carbons (Fsp3) is 0.389. The second-order valence-electron chi connectivity index (χ2n) is 6.27. The van der Waals surface area contributed by atoms with Gasteiger partial charge in [-0.15, -0.1) is 0 Å². The van der Waals surface area contributed by atoms with E-state index in [1.165, 1.54) is 24.3 Å². The number of hydrogen-bond acceptors (Lipinski definition) is 5. The van der Waals surface area contributed by atoms with E-state index in [4.69, 9.17) is 0 Å². The maximum atomic E-state index is 13.1. The highest BCUT2D eigenvalue weighted by Crippen LogP contribution is 2.34. The zero-order valence-corrected chi connectivity index (χ0v) is 15.4. The van der Waals surface area contributed by atoms with Gasteiger partial charge in [0.2, 0.25) is 0 Å². The molecule has 0 spiro atoms. The van der Waals surface area contributed by atoms with E-state index in [0.29, 0.717) is 18.2 Å². The number of hydrogen-bond donors (Lipinski definition) is 2. The van der Waals surface area contributed by atoms with Gasteiger partial charge in [-0.05, 0) is 46.1 Å². The average molecular weight is 381 g/mol. The molecule has 0 fully saturated rings. The van der Waals surface area contributed by atoms with E-state index in [-0.39, 0.29) is 11.4 Å². The lowest BCUT2D eigenvalue weighted by atomic mass is 10.1. The molecule has 1 aromatic heterocycles. The molecular formula is C18H22F3N5O. The Bertz CT molecular complexity index is 793. The molecular weight excluding hydrogens is 359 g/mol. The van der Waals surface area contributed by atoms with Crippen molar-refractivity contribution in [2.45, 2.75) is 19.5 Å². The van der Waals surface area contributed by atoms with Crippen molar-refractivity contribution < 1.29 is 18.0 Å². The van der Waals surface area contributed by atoms with Crippen molar-refractivity contribution in [3.63, 3.8) is 0 Å². The number of benzene rings is 1. The van der Waals surface area contributed by atoms with Gasteiger partial charge in [-0.25, -0.2) is 9.97 Å². The molecule has 9 heteroatoms. The lowest BCUT2D eigenvalue weighted by Crippen LogP contribution is -2.19. The van der Waals surface area contributed by atoms with Gasteiger partial charge >= 0.3 is 6.18 Å². The first-order valence-electron chi connectivity index (χ1n) is 8.38. The van der Waals surface area contributed by atoms with Crippen molar-refractivity contribution in [2.75, 3.05) is 37.8 Å². The molecule has 6 nitrogen and oxygen atoms in total. The predicted molar refractivity (Wildman–Crippen MR) is 97.8 cm³/mol. The average Bonchev–Trinajstić information content (AvgIpc) is 2.57. The summed E-state index contributed by atoms with van der Waals surface area (Å²) in [5.41, 5.74) is -1.23. The molecule has 0 saturated heterocycles. The van der Waals surface area contributed by atoms with Gasteiger partial charge in [0.25, 0.3) is 5.91 Å². The van der Waals surface area contributed by atoms with Crippen LogP contribution in [0.5, 0.6) is 0 Å². The van der Waals surface area contributed by atoms with Crippen molar-refractivity contribution in [3.05, 3.63) is 47.4 Å². The third-order valence-electron chi connectivity index (χ3n) is 3.64. The SMILES string of the molecule is Cc1nc(NCCCN(C)C)cc(C(=O)Nc2ccccc2C(F)(F)F)n1. The van der Waals surface area contributed by atoms with E-state index < -0.39 is 17.6 Å². The quantitative estimate of drug-likeness (QED) is 0.720. The van der Waals surface area contributed by atoms with Crippen LogP contribution in [0.25, 0.3) is 0 Å². The van der Waals surface area contributed by atoms with Crippen molar-refractivity contribution in [2.24, 2.45) is 0 Å². The van der Waals surface area contributed by atoms with Crippen LogP contribution in [-0.4, -0.2) is 48.0 Å². The molecule has 1 aromatic carbocycles. The number of carbonyl (C=O) groups excluding carboxylic acids is 1. The van der Waals surface area contributed by atoms with Crippen LogP contribution in [0.15, 0.2) is 30.3 Å². The highest BCUT2D eigenvalue weighted by atomic mass is 19.4. The minimum atomic E-state index is -4.56. The molecule has 0 radical (unpaired) electrons. The molecule has 0 bridgehead atoms. The molecule has 0 saturated carbocycles. The van der Waals surface area contributed by atoms with E-state index in [1.807, 2.05) is 19.0 Å². The summed E-state index contributed by atoms with van der Waals surface area (Å²) < 4.78 is 39.2. The zero-order valence-electron chi connectivity index (χ0n) is 15.4. The van der Waals surface area contributed by atoms with E-state index in [9.17, 15) is 18.0 Å². The molecule has 27 heavy (non-hydrogen) atoms. The molecule has 2 rings (SSSR count). The van der Waals surface area contributed by atoms with E-state index in [2.05, 4.69) is 20.6 Å². The van der Waals surface area contributed by atoms with Gasteiger partial charge in [0, 0.05) is 12.6 Å². The second-order valence-corrected chi connectivity index (χ2v) is 6.27. The van der Waals surface area contributed by atoms with Crippen LogP contribution in [0.1, 0.15) is 28.3 Å². The summed E-state index contributed by atoms with van der Waals surface area (Å²) in [4.78, 5) is 22.7. The maximum Gasteiger partial charge on any atom is 0.418 e. The summed E-state index contributed by atoms with van der Waals surface area (Å²) in [6, 6.07) is 6.23. The lowest BCUT2D eigenvalue weighted by Gasteiger charge is -2.14. The van der Waals surface area contributed by atoms with Gasteiger partial charge in [-0.3, -0.25) is 4.79 Å². The highest BCUT2D eigenvalue weighted by molar-refractivity contribution is 6.03. The Morgan fingerprint density at radius 3 is 2.56 bits per heavy atom. The van der Waals surface area contributed by atoms with Gasteiger partial charge in [-0.2, -0.15) is 13.2 Å². The smallest absolute Gasteiger partial charge is 0.370 e. The fourth-order valence-electron chi connectivity index (χ4n) is 2.41. The molecule has 0 aliphatic heterocycles. The van der Waals surface area contributed by atoms with Gasteiger partial charge in [-0.1, -0.05) is 12.1 Å². The van der Waals surface area contributed by atoms with Crippen molar-refractivity contribution in [1.29, 1.82) is 0 Å². The molecule has 2 N–H and O–H groups in total. The number of carbonyl (C=O) groups is 1. The van der Waals surface area contributed by atoms with E-state index in [1.54, 1.807) is 6.92 Å². The zero-order chi connectivity index (χ0) is 20.0. The molecule has 0 atom stereocenters. The molecule has 1 heterocycles. The molecule has 0 aliphatic carbocycles. The van der Waals surface area contributed by atoms with Gasteiger partial charge in [0.15, 0.2) is 0 Å². The van der Waals surface area contributed by atoms with Crippen molar-refractivity contribution >= 4 is 17.4 Å². The first-order chi connectivity index (χ1) is 12.7. The Balaban J connectivity index is 2.13. The summed E-state index contributed by atoms with van der Waals surface area (Å²) in [5, 5.41) is 5.38. The lowest BCUT2D eigenvalue weighted by molar-refractivity contribution is -0.136. The molecule has 1 amide bonds. The Kier molecular flexibility index (Phi) is 6.73. The number of alkyl halides is 3. The minimum absolute atomic E-state index is 0.00501. The number of halogens is 3. The summed E-state index contributed by atoms with van der Waals surface area (Å²) >= 11 is 0. The third kappa shape index (κ3) is 6.21. The normalized spacial score (nSPS) is 11.5. The van der Waals surface area contributed by atoms with Crippen LogP contribution in [0.2, 0.25) is 0 Å². The second kappa shape index (κ2) is 8.81. The van der Waals surface area contributed by atoms with Crippen LogP contribution in [0.4, 0.5) is 24.7 Å². The first kappa shape index (κ1) is 20.6. The van der Waals surface area contributed by atoms with Crippen LogP contribution in [-0.2, 0) is 6.18 Å². The number of aryl methyl sites for hydroxylation is 1. The van der Waals surface area contributed by atoms with Crippen molar-refractivity contribution in [3.8, 4) is 0 Å². The van der Waals surface area contributed by atoms with Crippen LogP contribution < -0.4 is 10.6 Å². The fourth-order valence-corrected chi connectivity index (χ4v) is 2.41. The molecule has 2 aromatic rings. The minimum Gasteiger partial charge on any atom is -0.370 e. The van der Waals surface area contributed by atoms with Crippen LogP contribution in [0, 0.1) is 6.92 Å². The number of anilines is 2. The molecule has 146 valence electrons. The standard InChI is InChI=1S/C18H22F3N5O/c1-12-23-15(11-16(24-12)22-9-6-10-26(2)3)17(27)25-14-8-5-4-7-13(14)18(19,20)21/h4-5,7-8,11H,6,9-10H2,1-3H3,(H,25,27)(H,22,23,24). The summed E-state index contributed by atoms with van der Waals surface area (Å²) in [6.45, 7) is 3.15. The first-order valence-corrected chi connectivity index (χ1v) is 8.38. The summed E-state index contributed by atoms with van der Waals surface area (Å²) in [5.74, 6) is 0.0749. The Morgan fingerprint density at radius 2 is 1.89 bits per heavy atom. The molecule has 0 unspecified atom stereocenters. The van der Waals surface area contributed by atoms with E-state index >= 15 is 0 Å². The largest absolute Gasteiger partial charge is 0.418 e. The summed E-state index contributed by atoms with van der Waals surface area (Å²) in [7, 11) is 3.94. The Labute approximate surface area is 155 Å². The van der Waals surface area contributed by atoms with Crippen LogP contribution in [0.3, 0.4) is 0 Å². The van der Waals surface area contributed by atoms with Gasteiger partial charge < -0.3 is 15.5 Å². The third-order valence-corrected chi connectivity index (χ3v) is 3.64. The number of nitrogens with zero attached hydrogens (tertiary/aromatic N) is 3. The summed E-state index contributed by atoms with van der Waals surface area (Å²) in [6.07, 6.45) is -3.69. The van der Waals surface area contributed by atoms with Gasteiger partial charge in [0.1, 0.15) is 17.3 Å². The highest BCUT2D eigenvalue weighted by Gasteiger charge is 2.33. The Hall–Kier alpha value is -2.68. The van der Waals surface area contributed by atoms with Gasteiger partial charge in [0.05, 0.1) is 11.3 Å². The Morgan fingerprint density at radius 1 is 1.19 bits per heavy atom. The topological polar surface area (TPSA) is 70.2 Å². The van der Waals surface area contributed by atoms with E-state index in [0.717, 1.165) is 19.0 Å². The maximum absolute atomic E-state index is 13.1. The number of rotatable bonds is 7. The monoisotopic (exact) mass is 381 g/mol. The number of amides is 1. The van der Waals surface area contributed by atoms with Crippen molar-refractivity contribution in [1.82, 2.24) is 14.9 Å². The number of aromatic nitrogens is 2. The predicted octanol–water partition coefficient (Wildman–Crippen LogP) is 3.42.